The Bertz CT molecular complexity index is 774. The van der Waals surface area contributed by atoms with E-state index in [1.807, 2.05) is 0 Å². The minimum absolute atomic E-state index is 0.00719. The summed E-state index contributed by atoms with van der Waals surface area (Å²) < 4.78 is 37.0. The third-order valence-electron chi connectivity index (χ3n) is 3.16. The van der Waals surface area contributed by atoms with Crippen LogP contribution in [0.25, 0.3) is 0 Å². The molecule has 0 atom stereocenters. The fourth-order valence-electron chi connectivity index (χ4n) is 2.02. The van der Waals surface area contributed by atoms with Crippen LogP contribution in [0.4, 0.5) is 18.9 Å². The summed E-state index contributed by atoms with van der Waals surface area (Å²) in [4.78, 5) is 25.8. The topological polar surface area (TPSA) is 49.4 Å². The van der Waals surface area contributed by atoms with E-state index in [1.165, 1.54) is 29.2 Å². The Labute approximate surface area is 147 Å². The van der Waals surface area contributed by atoms with Gasteiger partial charge in [-0.25, -0.2) is 0 Å². The van der Waals surface area contributed by atoms with Gasteiger partial charge >= 0.3 is 5.51 Å². The van der Waals surface area contributed by atoms with Gasteiger partial charge in [-0.1, -0.05) is 12.1 Å². The van der Waals surface area contributed by atoms with Crippen LogP contribution in [-0.4, -0.2) is 36.3 Å². The molecule has 2 aromatic rings. The predicted molar refractivity (Wildman–Crippen MR) is 90.8 cm³/mol. The number of benzene rings is 2. The SMILES string of the molecule is CN(C)C(=O)c1ccccc1NC(=O)c1ccc(SC(F)(F)F)cc1. The van der Waals surface area contributed by atoms with Crippen molar-refractivity contribution in [1.29, 1.82) is 0 Å². The summed E-state index contributed by atoms with van der Waals surface area (Å²) in [6, 6.07) is 11.6. The van der Waals surface area contributed by atoms with Gasteiger partial charge < -0.3 is 10.2 Å². The van der Waals surface area contributed by atoms with Crippen molar-refractivity contribution in [2.45, 2.75) is 10.4 Å². The molecule has 0 saturated carbocycles. The second kappa shape index (κ2) is 7.60. The maximum absolute atomic E-state index is 12.3. The first-order chi connectivity index (χ1) is 11.7. The van der Waals surface area contributed by atoms with Gasteiger partial charge in [0.2, 0.25) is 0 Å². The molecule has 132 valence electrons. The summed E-state index contributed by atoms with van der Waals surface area (Å²) >= 11 is -0.247. The third kappa shape index (κ3) is 5.25. The second-order valence-electron chi connectivity index (χ2n) is 5.27. The molecule has 0 heterocycles. The summed E-state index contributed by atoms with van der Waals surface area (Å²) in [5.41, 5.74) is -3.53. The zero-order valence-electron chi connectivity index (χ0n) is 13.4. The lowest BCUT2D eigenvalue weighted by Crippen LogP contribution is -2.24. The summed E-state index contributed by atoms with van der Waals surface area (Å²) in [6.45, 7) is 0. The fourth-order valence-corrected chi connectivity index (χ4v) is 2.56. The van der Waals surface area contributed by atoms with Gasteiger partial charge in [-0.05, 0) is 48.2 Å². The number of amides is 2. The lowest BCUT2D eigenvalue weighted by atomic mass is 10.1. The lowest BCUT2D eigenvalue weighted by Gasteiger charge is -2.14. The number of hydrogen-bond donors (Lipinski definition) is 1. The van der Waals surface area contributed by atoms with E-state index in [9.17, 15) is 22.8 Å². The molecule has 0 radical (unpaired) electrons. The highest BCUT2D eigenvalue weighted by molar-refractivity contribution is 8.00. The average Bonchev–Trinajstić information content (AvgIpc) is 2.53. The first-order valence-corrected chi connectivity index (χ1v) is 7.97. The van der Waals surface area contributed by atoms with E-state index in [2.05, 4.69) is 5.32 Å². The van der Waals surface area contributed by atoms with E-state index in [4.69, 9.17) is 0 Å². The number of hydrogen-bond acceptors (Lipinski definition) is 3. The molecule has 0 unspecified atom stereocenters. The molecule has 0 saturated heterocycles. The van der Waals surface area contributed by atoms with Crippen molar-refractivity contribution in [2.24, 2.45) is 0 Å². The zero-order chi connectivity index (χ0) is 18.6. The Morgan fingerprint density at radius 1 is 1.00 bits per heavy atom. The van der Waals surface area contributed by atoms with Crippen LogP contribution >= 0.6 is 11.8 Å². The maximum atomic E-state index is 12.3. The van der Waals surface area contributed by atoms with Crippen molar-refractivity contribution in [3.8, 4) is 0 Å². The van der Waals surface area contributed by atoms with E-state index in [1.54, 1.807) is 38.4 Å². The summed E-state index contributed by atoms with van der Waals surface area (Å²) in [5.74, 6) is -0.782. The first kappa shape index (κ1) is 18.9. The molecular formula is C17H15F3N2O2S. The molecule has 8 heteroatoms. The number of anilines is 1. The smallest absolute Gasteiger partial charge is 0.345 e. The highest BCUT2D eigenvalue weighted by Crippen LogP contribution is 2.36. The van der Waals surface area contributed by atoms with E-state index < -0.39 is 11.4 Å². The van der Waals surface area contributed by atoms with Crippen LogP contribution in [-0.2, 0) is 0 Å². The molecule has 2 aromatic carbocycles. The monoisotopic (exact) mass is 368 g/mol. The number of para-hydroxylation sites is 1. The highest BCUT2D eigenvalue weighted by atomic mass is 32.2. The summed E-state index contributed by atoms with van der Waals surface area (Å²) in [7, 11) is 3.19. The first-order valence-electron chi connectivity index (χ1n) is 7.15. The Hall–Kier alpha value is -2.48. The Morgan fingerprint density at radius 2 is 1.60 bits per heavy atom. The van der Waals surface area contributed by atoms with Crippen molar-refractivity contribution in [1.82, 2.24) is 4.90 Å². The minimum atomic E-state index is -4.38. The maximum Gasteiger partial charge on any atom is 0.446 e. The normalized spacial score (nSPS) is 11.1. The van der Waals surface area contributed by atoms with Crippen LogP contribution in [0.3, 0.4) is 0 Å². The van der Waals surface area contributed by atoms with E-state index in [0.717, 1.165) is 0 Å². The second-order valence-corrected chi connectivity index (χ2v) is 6.41. The molecule has 0 aromatic heterocycles. The molecule has 2 rings (SSSR count). The van der Waals surface area contributed by atoms with Crippen molar-refractivity contribution in [2.75, 3.05) is 19.4 Å². The number of halogens is 3. The van der Waals surface area contributed by atoms with E-state index in [0.29, 0.717) is 11.3 Å². The van der Waals surface area contributed by atoms with Gasteiger partial charge in [-0.3, -0.25) is 9.59 Å². The third-order valence-corrected chi connectivity index (χ3v) is 3.90. The fraction of sp³-hybridized carbons (Fsp3) is 0.176. The van der Waals surface area contributed by atoms with Gasteiger partial charge in [0, 0.05) is 24.6 Å². The van der Waals surface area contributed by atoms with Gasteiger partial charge in [0.05, 0.1) is 11.3 Å². The number of carbonyl (C=O) groups excluding carboxylic acids is 2. The van der Waals surface area contributed by atoms with E-state index >= 15 is 0 Å². The number of carbonyl (C=O) groups is 2. The number of nitrogens with one attached hydrogen (secondary N) is 1. The highest BCUT2D eigenvalue weighted by Gasteiger charge is 2.29. The molecule has 4 nitrogen and oxygen atoms in total. The average molecular weight is 368 g/mol. The Balaban J connectivity index is 2.17. The zero-order valence-corrected chi connectivity index (χ0v) is 14.2. The standard InChI is InChI=1S/C17H15F3N2O2S/c1-22(2)16(24)13-5-3-4-6-14(13)21-15(23)11-7-9-12(10-8-11)25-17(18,19)20/h3-10H,1-2H3,(H,21,23). The molecular weight excluding hydrogens is 353 g/mol. The summed E-state index contributed by atoms with van der Waals surface area (Å²) in [6.07, 6.45) is 0. The molecule has 1 N–H and O–H groups in total. The number of rotatable bonds is 4. The Morgan fingerprint density at radius 3 is 2.16 bits per heavy atom. The van der Waals surface area contributed by atoms with Crippen molar-refractivity contribution >= 4 is 29.3 Å². The molecule has 0 aliphatic heterocycles. The van der Waals surface area contributed by atoms with Gasteiger partial charge in [0.25, 0.3) is 11.8 Å². The Kier molecular flexibility index (Phi) is 5.73. The van der Waals surface area contributed by atoms with Crippen molar-refractivity contribution < 1.29 is 22.8 Å². The summed E-state index contributed by atoms with van der Waals surface area (Å²) in [5, 5.41) is 2.61. The lowest BCUT2D eigenvalue weighted by molar-refractivity contribution is -0.0328. The largest absolute Gasteiger partial charge is 0.446 e. The van der Waals surface area contributed by atoms with Gasteiger partial charge in [0.15, 0.2) is 0 Å². The quantitative estimate of drug-likeness (QED) is 0.821. The predicted octanol–water partition coefficient (Wildman–Crippen LogP) is 4.25. The van der Waals surface area contributed by atoms with Crippen LogP contribution in [0, 0.1) is 0 Å². The molecule has 0 aliphatic rings. The van der Waals surface area contributed by atoms with Crippen molar-refractivity contribution in [3.63, 3.8) is 0 Å². The number of alkyl halides is 3. The molecule has 0 bridgehead atoms. The van der Waals surface area contributed by atoms with Crippen LogP contribution < -0.4 is 5.32 Å². The molecule has 2 amide bonds. The molecule has 0 spiro atoms. The van der Waals surface area contributed by atoms with Crippen molar-refractivity contribution in [3.05, 3.63) is 59.7 Å². The minimum Gasteiger partial charge on any atom is -0.345 e. The number of thioether (sulfide) groups is 1. The van der Waals surface area contributed by atoms with Gasteiger partial charge in [-0.15, -0.1) is 0 Å². The van der Waals surface area contributed by atoms with Crippen LogP contribution in [0.5, 0.6) is 0 Å². The molecule has 0 fully saturated rings. The van der Waals surface area contributed by atoms with Crippen LogP contribution in [0.15, 0.2) is 53.4 Å². The van der Waals surface area contributed by atoms with E-state index in [-0.39, 0.29) is 28.1 Å². The van der Waals surface area contributed by atoms with Gasteiger partial charge in [0.1, 0.15) is 0 Å². The van der Waals surface area contributed by atoms with Gasteiger partial charge in [-0.2, -0.15) is 13.2 Å². The van der Waals surface area contributed by atoms with Crippen LogP contribution in [0.2, 0.25) is 0 Å². The molecule has 25 heavy (non-hydrogen) atoms. The molecule has 0 aliphatic carbocycles. The van der Waals surface area contributed by atoms with Crippen LogP contribution in [0.1, 0.15) is 20.7 Å². The number of nitrogens with zero attached hydrogens (tertiary/aromatic N) is 1.